The Balaban J connectivity index is 2.20. The van der Waals surface area contributed by atoms with E-state index in [2.05, 4.69) is 0 Å². The molecule has 3 heterocycles. The van der Waals surface area contributed by atoms with E-state index in [1.54, 1.807) is 8.96 Å². The van der Waals surface area contributed by atoms with Gasteiger partial charge in [0, 0.05) is 18.2 Å². The molecule has 0 aliphatic carbocycles. The number of hydrogen-bond donors (Lipinski definition) is 0. The van der Waals surface area contributed by atoms with E-state index in [1.807, 2.05) is 58.0 Å². The zero-order valence-electron chi connectivity index (χ0n) is 14.5. The van der Waals surface area contributed by atoms with Crippen LogP contribution in [0.5, 0.6) is 0 Å². The predicted molar refractivity (Wildman–Crippen MR) is 103 cm³/mol. The minimum absolute atomic E-state index is 0.609. The average Bonchev–Trinajstić information content (AvgIpc) is 2.98. The maximum Gasteiger partial charge on any atom is 0.846 e. The molecule has 0 radical (unpaired) electrons. The summed E-state index contributed by atoms with van der Waals surface area (Å²) < 4.78 is 18.9. The second kappa shape index (κ2) is 5.62. The number of aromatic nitrogens is 1. The highest BCUT2D eigenvalue weighted by molar-refractivity contribution is 6.49. The molecule has 6 heteroatoms. The zero-order valence-corrected chi connectivity index (χ0v) is 16.0. The van der Waals surface area contributed by atoms with Crippen molar-refractivity contribution in [3.05, 3.63) is 74.2 Å². The number of fused-ring (bicyclic) bond motifs is 2. The molecule has 2 aromatic rings. The minimum Gasteiger partial charge on any atom is -0.288 e. The first kappa shape index (κ1) is 16.7. The lowest BCUT2D eigenvalue weighted by molar-refractivity contribution is -0.337. The molecular formula is C19H17BCl2FN2+. The first-order chi connectivity index (χ1) is 11.9. The van der Waals surface area contributed by atoms with Crippen LogP contribution in [0.15, 0.2) is 46.6 Å². The van der Waals surface area contributed by atoms with Gasteiger partial charge in [0.1, 0.15) is 5.03 Å². The van der Waals surface area contributed by atoms with Crippen LogP contribution < -0.4 is 0 Å². The Hall–Kier alpha value is -1.78. The van der Waals surface area contributed by atoms with Gasteiger partial charge in [0.15, 0.2) is 11.4 Å². The fourth-order valence-electron chi connectivity index (χ4n) is 3.91. The predicted octanol–water partition coefficient (Wildman–Crippen LogP) is 5.33. The number of nitrogens with zero attached hydrogens (tertiary/aromatic N) is 2. The molecule has 0 saturated carbocycles. The summed E-state index contributed by atoms with van der Waals surface area (Å²) in [5.74, 6) is 0. The topological polar surface area (TPSA) is 7.94 Å². The summed E-state index contributed by atoms with van der Waals surface area (Å²) in [7, 11) is -1.37. The van der Waals surface area contributed by atoms with Crippen LogP contribution in [-0.4, -0.2) is 21.9 Å². The number of rotatable bonds is 1. The smallest absolute Gasteiger partial charge is 0.288 e. The molecule has 0 amide bonds. The highest BCUT2D eigenvalue weighted by Gasteiger charge is 2.53. The Morgan fingerprint density at radius 3 is 2.32 bits per heavy atom. The van der Waals surface area contributed by atoms with Crippen molar-refractivity contribution in [1.82, 2.24) is 4.48 Å². The molecule has 0 fully saturated rings. The summed E-state index contributed by atoms with van der Waals surface area (Å²) in [6, 6.07) is 10.0. The molecule has 0 N–H and O–H groups in total. The lowest BCUT2D eigenvalue weighted by Crippen LogP contribution is -2.41. The van der Waals surface area contributed by atoms with Gasteiger partial charge < -0.3 is 0 Å². The van der Waals surface area contributed by atoms with Crippen molar-refractivity contribution in [3.8, 4) is 0 Å². The fraction of sp³-hybridized carbons (Fsp3) is 0.211. The molecule has 0 bridgehead atoms. The van der Waals surface area contributed by atoms with Crippen LogP contribution in [0, 0.1) is 13.8 Å². The molecule has 25 heavy (non-hydrogen) atoms. The van der Waals surface area contributed by atoms with Crippen LogP contribution in [0.2, 0.25) is 5.02 Å². The molecule has 0 saturated heterocycles. The third-order valence-corrected chi connectivity index (χ3v) is 6.28. The molecule has 1 aromatic carbocycles. The summed E-state index contributed by atoms with van der Waals surface area (Å²) >= 11 is 13.0. The van der Waals surface area contributed by atoms with Gasteiger partial charge in [0.05, 0.1) is 16.3 Å². The van der Waals surface area contributed by atoms with Crippen LogP contribution in [0.1, 0.15) is 36.4 Å². The largest absolute Gasteiger partial charge is 0.846 e. The summed E-state index contributed by atoms with van der Waals surface area (Å²) in [5.41, 5.74) is 6.87. The van der Waals surface area contributed by atoms with E-state index >= 15 is 4.32 Å². The van der Waals surface area contributed by atoms with E-state index in [0.717, 1.165) is 45.1 Å². The highest BCUT2D eigenvalue weighted by atomic mass is 35.5. The number of benzene rings is 1. The van der Waals surface area contributed by atoms with Crippen molar-refractivity contribution in [1.29, 1.82) is 0 Å². The van der Waals surface area contributed by atoms with Crippen LogP contribution in [0.4, 0.5) is 4.32 Å². The molecule has 2 aliphatic heterocycles. The molecule has 4 rings (SSSR count). The van der Waals surface area contributed by atoms with Crippen LogP contribution in [-0.2, 0) is 0 Å². The second-order valence-corrected chi connectivity index (χ2v) is 7.29. The average molecular weight is 374 g/mol. The lowest BCUT2D eigenvalue weighted by Gasteiger charge is -2.21. The highest BCUT2D eigenvalue weighted by Crippen LogP contribution is 2.44. The second-order valence-electron chi connectivity index (χ2n) is 6.54. The van der Waals surface area contributed by atoms with Crippen molar-refractivity contribution in [2.75, 3.05) is 0 Å². The Labute approximate surface area is 157 Å². The molecule has 1 aromatic heterocycles. The van der Waals surface area contributed by atoms with Gasteiger partial charge in [-0.3, -0.25) is 4.48 Å². The van der Waals surface area contributed by atoms with E-state index in [0.29, 0.717) is 10.1 Å². The Morgan fingerprint density at radius 2 is 1.68 bits per heavy atom. The summed E-state index contributed by atoms with van der Waals surface area (Å²) in [6.07, 6.45) is 0. The summed E-state index contributed by atoms with van der Waals surface area (Å²) in [6.45, 7) is 7.59. The maximum atomic E-state index is 15.6. The quantitative estimate of drug-likeness (QED) is 0.596. The molecule has 0 atom stereocenters. The lowest BCUT2D eigenvalue weighted by atomic mass is 9.87. The van der Waals surface area contributed by atoms with Crippen LogP contribution in [0.3, 0.4) is 0 Å². The third-order valence-electron chi connectivity index (χ3n) is 5.17. The van der Waals surface area contributed by atoms with Gasteiger partial charge in [0.2, 0.25) is 0 Å². The molecule has 0 spiro atoms. The maximum absolute atomic E-state index is 15.6. The van der Waals surface area contributed by atoms with Gasteiger partial charge in [-0.05, 0) is 31.9 Å². The van der Waals surface area contributed by atoms with Gasteiger partial charge in [0.25, 0.3) is 0 Å². The van der Waals surface area contributed by atoms with Crippen molar-refractivity contribution < 1.29 is 8.80 Å². The van der Waals surface area contributed by atoms with E-state index in [4.69, 9.17) is 23.2 Å². The standard InChI is InChI=1S/C19H17BCl2FN2/c1-10-16(21)12(3)24-18(10)15(14-8-6-5-7-9-14)19-11(2)17(22)13(4)25(19)20(24)23/h5-9H,1-4H3/q+1. The Morgan fingerprint density at radius 1 is 1.04 bits per heavy atom. The van der Waals surface area contributed by atoms with Gasteiger partial charge in [-0.1, -0.05) is 53.5 Å². The fourth-order valence-corrected chi connectivity index (χ4v) is 4.27. The molecule has 2 aliphatic rings. The van der Waals surface area contributed by atoms with Crippen LogP contribution in [0.25, 0.3) is 5.57 Å². The number of halogens is 3. The van der Waals surface area contributed by atoms with Gasteiger partial charge in [-0.25, -0.2) is 8.80 Å². The molecule has 126 valence electrons. The molecule has 2 nitrogen and oxygen atoms in total. The first-order valence-electron chi connectivity index (χ1n) is 8.17. The monoisotopic (exact) mass is 373 g/mol. The summed E-state index contributed by atoms with van der Waals surface area (Å²) in [4.78, 5) is 0. The van der Waals surface area contributed by atoms with E-state index < -0.39 is 7.26 Å². The molecule has 0 unspecified atom stereocenters. The van der Waals surface area contributed by atoms with E-state index in [-0.39, 0.29) is 0 Å². The summed E-state index contributed by atoms with van der Waals surface area (Å²) in [5, 5.41) is 1.22. The zero-order chi connectivity index (χ0) is 18.0. The van der Waals surface area contributed by atoms with Crippen molar-refractivity contribution >= 4 is 41.7 Å². The van der Waals surface area contributed by atoms with Gasteiger partial charge in [-0.15, -0.1) is 0 Å². The van der Waals surface area contributed by atoms with E-state index in [1.165, 1.54) is 0 Å². The Bertz CT molecular complexity index is 1020. The first-order valence-corrected chi connectivity index (χ1v) is 8.92. The number of hydrogen-bond acceptors (Lipinski definition) is 0. The van der Waals surface area contributed by atoms with Gasteiger partial charge in [-0.2, -0.15) is 0 Å². The van der Waals surface area contributed by atoms with Crippen molar-refractivity contribution in [3.63, 3.8) is 0 Å². The van der Waals surface area contributed by atoms with E-state index in [9.17, 15) is 0 Å². The van der Waals surface area contributed by atoms with Gasteiger partial charge >= 0.3 is 7.26 Å². The van der Waals surface area contributed by atoms with Crippen molar-refractivity contribution in [2.24, 2.45) is 0 Å². The Kier molecular flexibility index (Phi) is 3.75. The molecular weight excluding hydrogens is 357 g/mol. The van der Waals surface area contributed by atoms with Crippen molar-refractivity contribution in [2.45, 2.75) is 27.7 Å². The number of allylic oxidation sites excluding steroid dienone is 2. The minimum atomic E-state index is -1.37. The normalized spacial score (nSPS) is 16.8. The van der Waals surface area contributed by atoms with Crippen LogP contribution >= 0.6 is 23.2 Å². The SMILES string of the molecule is CC1=C(Cl)C(C)=[N+]2B(F)n3c(C)c(Cl)c(C)c3C(c3ccccc3)=C12. The third kappa shape index (κ3) is 2.07.